The fraction of sp³-hybridized carbons (Fsp3) is 0.364. The number of nitrogens with zero attached hydrogens (tertiary/aromatic N) is 2. The van der Waals surface area contributed by atoms with Gasteiger partial charge in [-0.25, -0.2) is 13.4 Å². The number of hydrogen-bond donors (Lipinski definition) is 0. The first-order chi connectivity index (χ1) is 9.09. The predicted molar refractivity (Wildman–Crippen MR) is 77.3 cm³/mol. The summed E-state index contributed by atoms with van der Waals surface area (Å²) in [4.78, 5) is 4.92. The third-order valence-corrected chi connectivity index (χ3v) is 7.53. The van der Waals surface area contributed by atoms with Crippen molar-refractivity contribution in [3.8, 4) is 0 Å². The van der Waals surface area contributed by atoms with Crippen LogP contribution in [0.2, 0.25) is 4.47 Å². The van der Waals surface area contributed by atoms with Crippen LogP contribution in [-0.4, -0.2) is 24.3 Å². The molecule has 1 aliphatic rings. The molecule has 0 spiro atoms. The highest BCUT2D eigenvalue weighted by atomic mass is 35.5. The van der Waals surface area contributed by atoms with Gasteiger partial charge in [0.25, 0.3) is 10.0 Å². The number of aromatic nitrogens is 1. The van der Waals surface area contributed by atoms with Crippen LogP contribution >= 0.6 is 34.3 Å². The SMILES string of the molecule is O=S(=O)(c1cnc(Cl)s1)N1CCCC1c1cccs1. The van der Waals surface area contributed by atoms with Crippen LogP contribution in [0, 0.1) is 0 Å². The number of sulfonamides is 1. The number of thiazole rings is 1. The molecular weight excluding hydrogens is 324 g/mol. The second kappa shape index (κ2) is 5.14. The molecule has 102 valence electrons. The van der Waals surface area contributed by atoms with E-state index in [0.717, 1.165) is 29.1 Å². The molecule has 19 heavy (non-hydrogen) atoms. The van der Waals surface area contributed by atoms with Crippen LogP contribution in [0.25, 0.3) is 0 Å². The quantitative estimate of drug-likeness (QED) is 0.864. The average molecular weight is 335 g/mol. The fourth-order valence-corrected chi connectivity index (χ4v) is 6.31. The van der Waals surface area contributed by atoms with Crippen LogP contribution in [0.3, 0.4) is 0 Å². The Morgan fingerprint density at radius 3 is 2.95 bits per heavy atom. The summed E-state index contributed by atoms with van der Waals surface area (Å²) in [6.07, 6.45) is 3.09. The highest BCUT2D eigenvalue weighted by Gasteiger charge is 2.37. The Labute approximate surface area is 124 Å². The summed E-state index contributed by atoms with van der Waals surface area (Å²) in [6.45, 7) is 0.556. The van der Waals surface area contributed by atoms with Gasteiger partial charge in [-0.1, -0.05) is 29.0 Å². The lowest BCUT2D eigenvalue weighted by Crippen LogP contribution is -2.29. The van der Waals surface area contributed by atoms with E-state index in [1.54, 1.807) is 15.6 Å². The van der Waals surface area contributed by atoms with E-state index in [2.05, 4.69) is 4.98 Å². The van der Waals surface area contributed by atoms with Gasteiger partial charge in [0.15, 0.2) is 8.68 Å². The van der Waals surface area contributed by atoms with Crippen LogP contribution < -0.4 is 0 Å². The van der Waals surface area contributed by atoms with Crippen LogP contribution in [0.1, 0.15) is 23.8 Å². The maximum absolute atomic E-state index is 12.6. The zero-order chi connectivity index (χ0) is 13.5. The lowest BCUT2D eigenvalue weighted by Gasteiger charge is -2.22. The summed E-state index contributed by atoms with van der Waals surface area (Å²) in [5.41, 5.74) is 0. The lowest BCUT2D eigenvalue weighted by molar-refractivity contribution is 0.402. The molecule has 0 radical (unpaired) electrons. The molecule has 0 saturated carbocycles. The van der Waals surface area contributed by atoms with Crippen molar-refractivity contribution in [3.05, 3.63) is 33.1 Å². The number of rotatable bonds is 3. The Bertz CT molecular complexity index is 666. The first-order valence-electron chi connectivity index (χ1n) is 5.75. The molecule has 3 rings (SSSR count). The van der Waals surface area contributed by atoms with Crippen molar-refractivity contribution >= 4 is 44.3 Å². The Morgan fingerprint density at radius 1 is 1.47 bits per heavy atom. The summed E-state index contributed by atoms with van der Waals surface area (Å²) in [7, 11) is -3.48. The van der Waals surface area contributed by atoms with E-state index in [1.807, 2.05) is 17.5 Å². The zero-order valence-corrected chi connectivity index (χ0v) is 13.0. The molecule has 1 unspecified atom stereocenters. The molecule has 0 bridgehead atoms. The summed E-state index contributed by atoms with van der Waals surface area (Å²) in [5, 5.41) is 1.97. The number of thiophene rings is 1. The molecule has 4 nitrogen and oxygen atoms in total. The molecule has 2 aromatic heterocycles. The largest absolute Gasteiger partial charge is 0.254 e. The van der Waals surface area contributed by atoms with Gasteiger partial charge in [0.2, 0.25) is 0 Å². The van der Waals surface area contributed by atoms with Gasteiger partial charge in [-0.2, -0.15) is 4.31 Å². The monoisotopic (exact) mass is 334 g/mol. The Balaban J connectivity index is 1.96. The molecule has 0 aromatic carbocycles. The van der Waals surface area contributed by atoms with Crippen molar-refractivity contribution < 1.29 is 8.42 Å². The van der Waals surface area contributed by atoms with Crippen molar-refractivity contribution in [1.82, 2.24) is 9.29 Å². The second-order valence-electron chi connectivity index (χ2n) is 4.22. The highest BCUT2D eigenvalue weighted by molar-refractivity contribution is 7.91. The molecule has 8 heteroatoms. The maximum atomic E-state index is 12.6. The molecule has 0 amide bonds. The molecule has 1 saturated heterocycles. The predicted octanol–water partition coefficient (Wildman–Crippen LogP) is 3.38. The van der Waals surface area contributed by atoms with Crippen molar-refractivity contribution in [3.63, 3.8) is 0 Å². The molecule has 1 atom stereocenters. The van der Waals surface area contributed by atoms with E-state index in [1.165, 1.54) is 6.20 Å². The lowest BCUT2D eigenvalue weighted by atomic mass is 10.2. The Morgan fingerprint density at radius 2 is 2.32 bits per heavy atom. The van der Waals surface area contributed by atoms with Crippen LogP contribution in [0.5, 0.6) is 0 Å². The Kier molecular flexibility index (Phi) is 3.65. The van der Waals surface area contributed by atoms with E-state index in [4.69, 9.17) is 11.6 Å². The van der Waals surface area contributed by atoms with Crippen LogP contribution in [0.4, 0.5) is 0 Å². The first-order valence-corrected chi connectivity index (χ1v) is 9.27. The molecule has 1 fully saturated rings. The summed E-state index contributed by atoms with van der Waals surface area (Å²) in [6, 6.07) is 3.89. The third kappa shape index (κ3) is 2.45. The summed E-state index contributed by atoms with van der Waals surface area (Å²) >= 11 is 8.34. The third-order valence-electron chi connectivity index (χ3n) is 3.09. The average Bonchev–Trinajstić information content (AvgIpc) is 3.09. The minimum absolute atomic E-state index is 0.0501. The smallest absolute Gasteiger partial charge is 0.232 e. The second-order valence-corrected chi connectivity index (χ2v) is 8.93. The van der Waals surface area contributed by atoms with Gasteiger partial charge in [0, 0.05) is 11.4 Å². The van der Waals surface area contributed by atoms with E-state index in [-0.39, 0.29) is 14.7 Å². The molecule has 1 aliphatic heterocycles. The van der Waals surface area contributed by atoms with Crippen molar-refractivity contribution in [1.29, 1.82) is 0 Å². The normalized spacial score (nSPS) is 21.0. The summed E-state index contributed by atoms with van der Waals surface area (Å²) in [5.74, 6) is 0. The number of hydrogen-bond acceptors (Lipinski definition) is 5. The first kappa shape index (κ1) is 13.5. The standard InChI is InChI=1S/C11H11ClN2O2S3/c12-11-13-7-10(18-11)19(15,16)14-5-1-3-8(14)9-4-2-6-17-9/h2,4,6-8H,1,3,5H2. The van der Waals surface area contributed by atoms with Crippen molar-refractivity contribution in [2.24, 2.45) is 0 Å². The van der Waals surface area contributed by atoms with Crippen molar-refractivity contribution in [2.45, 2.75) is 23.1 Å². The van der Waals surface area contributed by atoms with Crippen LogP contribution in [0.15, 0.2) is 27.9 Å². The van der Waals surface area contributed by atoms with Gasteiger partial charge in [-0.15, -0.1) is 11.3 Å². The minimum Gasteiger partial charge on any atom is -0.232 e. The topological polar surface area (TPSA) is 50.3 Å². The van der Waals surface area contributed by atoms with Gasteiger partial charge in [0.1, 0.15) is 0 Å². The molecule has 3 heterocycles. The van der Waals surface area contributed by atoms with E-state index in [0.29, 0.717) is 6.54 Å². The molecule has 2 aromatic rings. The van der Waals surface area contributed by atoms with Gasteiger partial charge >= 0.3 is 0 Å². The van der Waals surface area contributed by atoms with E-state index < -0.39 is 10.0 Å². The van der Waals surface area contributed by atoms with Crippen molar-refractivity contribution in [2.75, 3.05) is 6.54 Å². The van der Waals surface area contributed by atoms with E-state index in [9.17, 15) is 8.42 Å². The molecular formula is C11H11ClN2O2S3. The van der Waals surface area contributed by atoms with Crippen LogP contribution in [-0.2, 0) is 10.0 Å². The maximum Gasteiger partial charge on any atom is 0.254 e. The fourth-order valence-electron chi connectivity index (χ4n) is 2.27. The van der Waals surface area contributed by atoms with Gasteiger partial charge in [0.05, 0.1) is 12.2 Å². The Hall–Kier alpha value is -0.470. The number of halogens is 1. The zero-order valence-electron chi connectivity index (χ0n) is 9.82. The van der Waals surface area contributed by atoms with Gasteiger partial charge in [-0.05, 0) is 24.3 Å². The van der Waals surface area contributed by atoms with Gasteiger partial charge in [-0.3, -0.25) is 0 Å². The van der Waals surface area contributed by atoms with E-state index >= 15 is 0 Å². The minimum atomic E-state index is -3.48. The van der Waals surface area contributed by atoms with Gasteiger partial charge < -0.3 is 0 Å². The summed E-state index contributed by atoms with van der Waals surface area (Å²) < 4.78 is 27.2. The molecule has 0 aliphatic carbocycles. The molecule has 0 N–H and O–H groups in total. The highest BCUT2D eigenvalue weighted by Crippen LogP contribution is 2.39.